The Morgan fingerprint density at radius 3 is 2.14 bits per heavy atom. The van der Waals surface area contributed by atoms with Crippen molar-refractivity contribution in [1.82, 2.24) is 19.5 Å². The van der Waals surface area contributed by atoms with Crippen LogP contribution < -0.4 is 0 Å². The molecule has 0 saturated heterocycles. The second-order valence-corrected chi connectivity index (χ2v) is 7.09. The highest BCUT2D eigenvalue weighted by molar-refractivity contribution is 6.30. The van der Waals surface area contributed by atoms with Crippen LogP contribution in [0.4, 0.5) is 0 Å². The lowest BCUT2D eigenvalue weighted by Gasteiger charge is -2.10. The summed E-state index contributed by atoms with van der Waals surface area (Å²) in [6, 6.07) is 24.1. The first-order valence-corrected chi connectivity index (χ1v) is 9.61. The summed E-state index contributed by atoms with van der Waals surface area (Å²) in [5.41, 5.74) is 6.32. The van der Waals surface area contributed by atoms with Crippen molar-refractivity contribution in [3.63, 3.8) is 0 Å². The van der Waals surface area contributed by atoms with E-state index >= 15 is 0 Å². The summed E-state index contributed by atoms with van der Waals surface area (Å²) in [4.78, 5) is 14.4. The number of halogens is 1. The van der Waals surface area contributed by atoms with Gasteiger partial charge in [-0.15, -0.1) is 0 Å². The molecule has 0 aliphatic rings. The highest BCUT2D eigenvalue weighted by Gasteiger charge is 2.17. The molecule has 0 bridgehead atoms. The Morgan fingerprint density at radius 2 is 1.46 bits per heavy atom. The van der Waals surface area contributed by atoms with E-state index in [1.165, 1.54) is 5.56 Å². The van der Waals surface area contributed by atoms with Crippen molar-refractivity contribution >= 4 is 33.9 Å². The number of hydrogen-bond acceptors (Lipinski definition) is 3. The van der Waals surface area contributed by atoms with Crippen LogP contribution in [0.2, 0.25) is 5.02 Å². The standard InChI is InChI=1S/C23H17ClN4/c1-2-15-7-13-18(14-8-15)28-22(16-9-11-17(24)12-10-16)27-21-23(28)26-20-6-4-3-5-19(20)25-21/h3-14H,2H2,1H3. The van der Waals surface area contributed by atoms with E-state index in [1.54, 1.807) is 0 Å². The van der Waals surface area contributed by atoms with E-state index in [9.17, 15) is 0 Å². The maximum Gasteiger partial charge on any atom is 0.199 e. The number of nitrogens with zero attached hydrogens (tertiary/aromatic N) is 4. The molecule has 0 spiro atoms. The Morgan fingerprint density at radius 1 is 0.786 bits per heavy atom. The van der Waals surface area contributed by atoms with Gasteiger partial charge in [-0.25, -0.2) is 15.0 Å². The largest absolute Gasteiger partial charge is 0.275 e. The number of fused-ring (bicyclic) bond motifs is 2. The van der Waals surface area contributed by atoms with Gasteiger partial charge < -0.3 is 0 Å². The zero-order valence-corrected chi connectivity index (χ0v) is 16.1. The van der Waals surface area contributed by atoms with Crippen LogP contribution in [0.15, 0.2) is 72.8 Å². The summed E-state index contributed by atoms with van der Waals surface area (Å²) in [6.45, 7) is 2.15. The molecule has 0 aliphatic carbocycles. The van der Waals surface area contributed by atoms with Gasteiger partial charge >= 0.3 is 0 Å². The SMILES string of the molecule is CCc1ccc(-n2c(-c3ccc(Cl)cc3)nc3nc4ccccc4nc32)cc1. The normalized spacial score (nSPS) is 11.4. The zero-order chi connectivity index (χ0) is 19.1. The first kappa shape index (κ1) is 16.9. The summed E-state index contributed by atoms with van der Waals surface area (Å²) in [5, 5.41) is 0.695. The molecule has 5 aromatic rings. The van der Waals surface area contributed by atoms with Crippen LogP contribution in [-0.4, -0.2) is 19.5 Å². The van der Waals surface area contributed by atoms with Crippen LogP contribution in [0.5, 0.6) is 0 Å². The molecule has 0 fully saturated rings. The van der Waals surface area contributed by atoms with E-state index in [4.69, 9.17) is 26.6 Å². The number of rotatable bonds is 3. The molecule has 0 unspecified atom stereocenters. The molecule has 28 heavy (non-hydrogen) atoms. The molecule has 3 aromatic carbocycles. The zero-order valence-electron chi connectivity index (χ0n) is 15.3. The molecule has 136 valence electrons. The molecule has 5 heteroatoms. The highest BCUT2D eigenvalue weighted by atomic mass is 35.5. The Hall–Kier alpha value is -3.24. The number of para-hydroxylation sites is 2. The molecule has 0 N–H and O–H groups in total. The topological polar surface area (TPSA) is 43.6 Å². The molecule has 0 atom stereocenters. The van der Waals surface area contributed by atoms with E-state index in [-0.39, 0.29) is 0 Å². The summed E-state index contributed by atoms with van der Waals surface area (Å²) in [5.74, 6) is 0.797. The first-order chi connectivity index (χ1) is 13.7. The van der Waals surface area contributed by atoms with Gasteiger partial charge in [-0.05, 0) is 60.5 Å². The van der Waals surface area contributed by atoms with E-state index in [1.807, 2.05) is 48.5 Å². The third-order valence-corrected chi connectivity index (χ3v) is 5.13. The summed E-state index contributed by atoms with van der Waals surface area (Å²) in [6.07, 6.45) is 0.999. The maximum absolute atomic E-state index is 6.09. The van der Waals surface area contributed by atoms with Crippen LogP contribution in [0.3, 0.4) is 0 Å². The number of aromatic nitrogens is 4. The predicted molar refractivity (Wildman–Crippen MR) is 114 cm³/mol. The molecule has 0 saturated carbocycles. The van der Waals surface area contributed by atoms with Crippen molar-refractivity contribution in [3.05, 3.63) is 83.4 Å². The second kappa shape index (κ2) is 6.73. The van der Waals surface area contributed by atoms with Crippen LogP contribution >= 0.6 is 11.6 Å². The fourth-order valence-electron chi connectivity index (χ4n) is 3.37. The molecular weight excluding hydrogens is 368 g/mol. The van der Waals surface area contributed by atoms with Gasteiger partial charge in [0.15, 0.2) is 11.3 Å². The van der Waals surface area contributed by atoms with E-state index in [2.05, 4.69) is 35.8 Å². The van der Waals surface area contributed by atoms with Crippen molar-refractivity contribution in [1.29, 1.82) is 0 Å². The third-order valence-electron chi connectivity index (χ3n) is 4.88. The van der Waals surface area contributed by atoms with Gasteiger partial charge in [0.1, 0.15) is 5.82 Å². The quantitative estimate of drug-likeness (QED) is 0.391. The molecule has 2 heterocycles. The smallest absolute Gasteiger partial charge is 0.199 e. The predicted octanol–water partition coefficient (Wildman–Crippen LogP) is 5.85. The third kappa shape index (κ3) is 2.83. The van der Waals surface area contributed by atoms with Gasteiger partial charge in [-0.3, -0.25) is 4.57 Å². The Bertz CT molecular complexity index is 1290. The minimum Gasteiger partial charge on any atom is -0.275 e. The molecule has 0 amide bonds. The van der Waals surface area contributed by atoms with Crippen molar-refractivity contribution in [2.24, 2.45) is 0 Å². The van der Waals surface area contributed by atoms with E-state index in [0.29, 0.717) is 10.7 Å². The van der Waals surface area contributed by atoms with Gasteiger partial charge in [0.25, 0.3) is 0 Å². The monoisotopic (exact) mass is 384 g/mol. The Kier molecular flexibility index (Phi) is 4.06. The highest BCUT2D eigenvalue weighted by Crippen LogP contribution is 2.29. The second-order valence-electron chi connectivity index (χ2n) is 6.66. The summed E-state index contributed by atoms with van der Waals surface area (Å²) < 4.78 is 2.07. The van der Waals surface area contributed by atoms with Crippen LogP contribution in [0, 0.1) is 0 Å². The molecule has 4 nitrogen and oxygen atoms in total. The lowest BCUT2D eigenvalue weighted by Crippen LogP contribution is -1.99. The van der Waals surface area contributed by atoms with Gasteiger partial charge in [-0.1, -0.05) is 42.8 Å². The molecule has 0 aliphatic heterocycles. The van der Waals surface area contributed by atoms with Crippen molar-refractivity contribution in [2.45, 2.75) is 13.3 Å². The summed E-state index contributed by atoms with van der Waals surface area (Å²) >= 11 is 6.09. The van der Waals surface area contributed by atoms with Crippen LogP contribution in [0.25, 0.3) is 39.4 Å². The fourth-order valence-corrected chi connectivity index (χ4v) is 3.50. The van der Waals surface area contributed by atoms with Crippen molar-refractivity contribution in [3.8, 4) is 17.1 Å². The average molecular weight is 385 g/mol. The number of hydrogen-bond donors (Lipinski definition) is 0. The fraction of sp³-hybridized carbons (Fsp3) is 0.0870. The van der Waals surface area contributed by atoms with Crippen molar-refractivity contribution < 1.29 is 0 Å². The van der Waals surface area contributed by atoms with Gasteiger partial charge in [0.05, 0.1) is 11.0 Å². The number of imidazole rings is 1. The minimum atomic E-state index is 0.628. The van der Waals surface area contributed by atoms with E-state index < -0.39 is 0 Å². The molecular formula is C23H17ClN4. The first-order valence-electron chi connectivity index (χ1n) is 9.23. The lowest BCUT2D eigenvalue weighted by molar-refractivity contribution is 1.07. The molecule has 2 aromatic heterocycles. The van der Waals surface area contributed by atoms with Crippen LogP contribution in [0.1, 0.15) is 12.5 Å². The average Bonchev–Trinajstić information content (AvgIpc) is 3.11. The van der Waals surface area contributed by atoms with Crippen LogP contribution in [-0.2, 0) is 6.42 Å². The van der Waals surface area contributed by atoms with Gasteiger partial charge in [0, 0.05) is 16.3 Å². The van der Waals surface area contributed by atoms with E-state index in [0.717, 1.165) is 40.2 Å². The molecule has 5 rings (SSSR count). The Balaban J connectivity index is 1.83. The summed E-state index contributed by atoms with van der Waals surface area (Å²) in [7, 11) is 0. The van der Waals surface area contributed by atoms with Gasteiger partial charge in [-0.2, -0.15) is 0 Å². The number of aryl methyl sites for hydroxylation is 1. The van der Waals surface area contributed by atoms with Crippen molar-refractivity contribution in [2.75, 3.05) is 0 Å². The lowest BCUT2D eigenvalue weighted by atomic mass is 10.1. The molecule has 0 radical (unpaired) electrons. The number of benzene rings is 3. The Labute approximate surface area is 167 Å². The van der Waals surface area contributed by atoms with Gasteiger partial charge in [0.2, 0.25) is 0 Å². The maximum atomic E-state index is 6.09. The minimum absolute atomic E-state index is 0.628.